The molecule has 1 saturated heterocycles. The molecule has 0 unspecified atom stereocenters. The summed E-state index contributed by atoms with van der Waals surface area (Å²) in [7, 11) is 0. The van der Waals surface area contributed by atoms with Crippen molar-refractivity contribution in [3.05, 3.63) is 59.5 Å². The molecule has 162 valence electrons. The minimum Gasteiger partial charge on any atom is -0.440 e. The zero-order valence-corrected chi connectivity index (χ0v) is 17.3. The molecule has 31 heavy (non-hydrogen) atoms. The first kappa shape index (κ1) is 21.0. The number of halogens is 2. The summed E-state index contributed by atoms with van der Waals surface area (Å²) in [5, 5.41) is 2.91. The van der Waals surface area contributed by atoms with Crippen LogP contribution in [-0.4, -0.2) is 34.8 Å². The van der Waals surface area contributed by atoms with Gasteiger partial charge in [0.25, 0.3) is 5.91 Å². The molecule has 2 amide bonds. The van der Waals surface area contributed by atoms with E-state index in [2.05, 4.69) is 10.3 Å². The topological polar surface area (TPSA) is 75.4 Å². The molecule has 1 aromatic heterocycles. The van der Waals surface area contributed by atoms with Gasteiger partial charge in [0.05, 0.1) is 5.56 Å². The lowest BCUT2D eigenvalue weighted by molar-refractivity contribution is -0.121. The number of hydrogen-bond donors (Lipinski definition) is 1. The highest BCUT2D eigenvalue weighted by Crippen LogP contribution is 2.26. The van der Waals surface area contributed by atoms with Gasteiger partial charge in [-0.25, -0.2) is 13.8 Å². The molecule has 0 saturated carbocycles. The molecule has 2 aromatic carbocycles. The molecular weight excluding hydrogens is 404 g/mol. The number of benzene rings is 2. The van der Waals surface area contributed by atoms with Gasteiger partial charge in [0.1, 0.15) is 17.2 Å². The summed E-state index contributed by atoms with van der Waals surface area (Å²) in [4.78, 5) is 31.2. The van der Waals surface area contributed by atoms with Crippen molar-refractivity contribution in [1.82, 2.24) is 9.88 Å². The number of carbonyl (C=O) groups excluding carboxylic acids is 2. The monoisotopic (exact) mass is 427 g/mol. The normalized spacial score (nSPS) is 14.9. The third-order valence-corrected chi connectivity index (χ3v) is 5.48. The molecule has 2 heterocycles. The molecule has 0 radical (unpaired) electrons. The van der Waals surface area contributed by atoms with E-state index in [-0.39, 0.29) is 23.3 Å². The van der Waals surface area contributed by atoms with Crippen LogP contribution in [0, 0.1) is 17.6 Å². The van der Waals surface area contributed by atoms with Crippen molar-refractivity contribution < 1.29 is 22.8 Å². The predicted molar refractivity (Wildman–Crippen MR) is 112 cm³/mol. The number of oxazole rings is 1. The number of amides is 2. The molecule has 3 aromatic rings. The molecule has 0 aliphatic carbocycles. The van der Waals surface area contributed by atoms with Gasteiger partial charge in [0.2, 0.25) is 5.91 Å². The molecule has 0 atom stereocenters. The number of nitrogens with zero attached hydrogens (tertiary/aromatic N) is 2. The second kappa shape index (κ2) is 8.45. The molecule has 8 heteroatoms. The van der Waals surface area contributed by atoms with Gasteiger partial charge in [-0.15, -0.1) is 0 Å². The third kappa shape index (κ3) is 4.42. The Bertz CT molecular complexity index is 1130. The van der Waals surface area contributed by atoms with E-state index in [1.807, 2.05) is 13.8 Å². The molecule has 1 fully saturated rings. The minimum absolute atomic E-state index is 0.132. The standard InChI is InChI=1S/C23H23F2N3O3/c1-13(2)22-27-19-12-16(4-6-20(19)31-22)26-21(29)14-7-9-28(10-8-14)23(30)17-5-3-15(24)11-18(17)25/h3-6,11-14H,7-10H2,1-2H3,(H,26,29). The minimum atomic E-state index is -0.881. The van der Waals surface area contributed by atoms with E-state index in [0.717, 1.165) is 12.1 Å². The van der Waals surface area contributed by atoms with Gasteiger partial charge >= 0.3 is 0 Å². The summed E-state index contributed by atoms with van der Waals surface area (Å²) in [6, 6.07) is 8.23. The van der Waals surface area contributed by atoms with Crippen molar-refractivity contribution in [2.75, 3.05) is 18.4 Å². The molecular formula is C23H23F2N3O3. The smallest absolute Gasteiger partial charge is 0.256 e. The quantitative estimate of drug-likeness (QED) is 0.654. The second-order valence-corrected chi connectivity index (χ2v) is 8.07. The largest absolute Gasteiger partial charge is 0.440 e. The lowest BCUT2D eigenvalue weighted by atomic mass is 9.95. The van der Waals surface area contributed by atoms with Crippen molar-refractivity contribution in [2.24, 2.45) is 5.92 Å². The first-order valence-electron chi connectivity index (χ1n) is 10.3. The molecule has 1 aliphatic heterocycles. The SMILES string of the molecule is CC(C)c1nc2cc(NC(=O)C3CCN(C(=O)c4ccc(F)cc4F)CC3)ccc2o1. The van der Waals surface area contributed by atoms with E-state index in [9.17, 15) is 18.4 Å². The van der Waals surface area contributed by atoms with Crippen LogP contribution in [0.5, 0.6) is 0 Å². The zero-order valence-electron chi connectivity index (χ0n) is 17.3. The lowest BCUT2D eigenvalue weighted by Crippen LogP contribution is -2.41. The molecule has 0 bridgehead atoms. The fourth-order valence-corrected chi connectivity index (χ4v) is 3.69. The zero-order chi connectivity index (χ0) is 22.1. The first-order chi connectivity index (χ1) is 14.8. The van der Waals surface area contributed by atoms with E-state index in [1.165, 1.54) is 4.90 Å². The molecule has 0 spiro atoms. The van der Waals surface area contributed by atoms with Crippen molar-refractivity contribution in [2.45, 2.75) is 32.6 Å². The number of carbonyl (C=O) groups is 2. The fraction of sp³-hybridized carbons (Fsp3) is 0.348. The van der Waals surface area contributed by atoms with Crippen LogP contribution in [0.3, 0.4) is 0 Å². The number of rotatable bonds is 4. The Labute approximate surface area is 178 Å². The molecule has 4 rings (SSSR count). The highest BCUT2D eigenvalue weighted by molar-refractivity contribution is 5.96. The maximum absolute atomic E-state index is 13.9. The Balaban J connectivity index is 1.37. The van der Waals surface area contributed by atoms with Crippen LogP contribution < -0.4 is 5.32 Å². The number of nitrogens with one attached hydrogen (secondary N) is 1. The Hall–Kier alpha value is -3.29. The van der Waals surface area contributed by atoms with Gasteiger partial charge in [-0.2, -0.15) is 0 Å². The lowest BCUT2D eigenvalue weighted by Gasteiger charge is -2.31. The molecule has 1 aliphatic rings. The van der Waals surface area contributed by atoms with E-state index < -0.39 is 17.5 Å². The highest BCUT2D eigenvalue weighted by Gasteiger charge is 2.29. The Morgan fingerprint density at radius 1 is 1.13 bits per heavy atom. The predicted octanol–water partition coefficient (Wildman–Crippen LogP) is 4.72. The van der Waals surface area contributed by atoms with Crippen LogP contribution in [0.15, 0.2) is 40.8 Å². The maximum Gasteiger partial charge on any atom is 0.256 e. The number of aromatic nitrogens is 1. The Morgan fingerprint density at radius 3 is 2.55 bits per heavy atom. The van der Waals surface area contributed by atoms with Crippen molar-refractivity contribution in [3.8, 4) is 0 Å². The number of likely N-dealkylation sites (tertiary alicyclic amines) is 1. The highest BCUT2D eigenvalue weighted by atomic mass is 19.1. The van der Waals surface area contributed by atoms with Crippen LogP contribution in [-0.2, 0) is 4.79 Å². The van der Waals surface area contributed by atoms with Crippen molar-refractivity contribution >= 4 is 28.6 Å². The van der Waals surface area contributed by atoms with E-state index in [1.54, 1.807) is 18.2 Å². The van der Waals surface area contributed by atoms with Crippen molar-refractivity contribution in [3.63, 3.8) is 0 Å². The molecule has 6 nitrogen and oxygen atoms in total. The van der Waals surface area contributed by atoms with Gasteiger partial charge < -0.3 is 14.6 Å². The van der Waals surface area contributed by atoms with Gasteiger partial charge in [0.15, 0.2) is 11.5 Å². The second-order valence-electron chi connectivity index (χ2n) is 8.07. The summed E-state index contributed by atoms with van der Waals surface area (Å²) < 4.78 is 32.7. The van der Waals surface area contributed by atoms with Crippen LogP contribution in [0.4, 0.5) is 14.5 Å². The van der Waals surface area contributed by atoms with Crippen LogP contribution in [0.25, 0.3) is 11.1 Å². The van der Waals surface area contributed by atoms with E-state index in [4.69, 9.17) is 4.42 Å². The number of fused-ring (bicyclic) bond motifs is 1. The third-order valence-electron chi connectivity index (χ3n) is 5.48. The summed E-state index contributed by atoms with van der Waals surface area (Å²) in [5.74, 6) is -1.68. The summed E-state index contributed by atoms with van der Waals surface area (Å²) >= 11 is 0. The number of piperidine rings is 1. The van der Waals surface area contributed by atoms with Gasteiger partial charge in [-0.3, -0.25) is 9.59 Å². The van der Waals surface area contributed by atoms with Crippen LogP contribution in [0.1, 0.15) is 48.9 Å². The Kier molecular flexibility index (Phi) is 5.71. The van der Waals surface area contributed by atoms with Crippen LogP contribution in [0.2, 0.25) is 0 Å². The summed E-state index contributed by atoms with van der Waals surface area (Å²) in [6.07, 6.45) is 0.925. The van der Waals surface area contributed by atoms with E-state index in [0.29, 0.717) is 54.7 Å². The van der Waals surface area contributed by atoms with E-state index >= 15 is 0 Å². The van der Waals surface area contributed by atoms with Gasteiger partial charge in [0, 0.05) is 36.7 Å². The van der Waals surface area contributed by atoms with Gasteiger partial charge in [-0.1, -0.05) is 13.8 Å². The number of anilines is 1. The van der Waals surface area contributed by atoms with Crippen LogP contribution >= 0.6 is 0 Å². The summed E-state index contributed by atoms with van der Waals surface area (Å²) in [6.45, 7) is 4.64. The average Bonchev–Trinajstić information content (AvgIpc) is 3.17. The Morgan fingerprint density at radius 2 is 1.87 bits per heavy atom. The first-order valence-corrected chi connectivity index (χ1v) is 10.3. The molecule has 1 N–H and O–H groups in total. The maximum atomic E-state index is 13.9. The summed E-state index contributed by atoms with van der Waals surface area (Å²) in [5.41, 5.74) is 1.82. The number of hydrogen-bond acceptors (Lipinski definition) is 4. The van der Waals surface area contributed by atoms with Crippen molar-refractivity contribution in [1.29, 1.82) is 0 Å². The van der Waals surface area contributed by atoms with Gasteiger partial charge in [-0.05, 0) is 43.2 Å². The average molecular weight is 427 g/mol. The fourth-order valence-electron chi connectivity index (χ4n) is 3.69.